The predicted molar refractivity (Wildman–Crippen MR) is 87.1 cm³/mol. The maximum absolute atomic E-state index is 12.2. The highest BCUT2D eigenvalue weighted by Crippen LogP contribution is 2.11. The molecule has 1 aromatic carbocycles. The molecule has 0 spiro atoms. The molecule has 0 atom stereocenters. The van der Waals surface area contributed by atoms with Crippen LogP contribution in [0.4, 0.5) is 5.69 Å². The van der Waals surface area contributed by atoms with Crippen molar-refractivity contribution in [1.29, 1.82) is 0 Å². The van der Waals surface area contributed by atoms with Crippen LogP contribution >= 0.6 is 0 Å². The summed E-state index contributed by atoms with van der Waals surface area (Å²) in [4.78, 5) is 25.5. The van der Waals surface area contributed by atoms with E-state index in [1.54, 1.807) is 36.3 Å². The summed E-state index contributed by atoms with van der Waals surface area (Å²) >= 11 is 0. The van der Waals surface area contributed by atoms with Gasteiger partial charge in [-0.2, -0.15) is 0 Å². The molecular formula is C16H25N3O3. The predicted octanol–water partition coefficient (Wildman–Crippen LogP) is 1.34. The average Bonchev–Trinajstić information content (AvgIpc) is 2.54. The molecule has 0 aliphatic carbocycles. The fourth-order valence-electron chi connectivity index (χ4n) is 1.96. The lowest BCUT2D eigenvalue weighted by molar-refractivity contribution is -0.119. The van der Waals surface area contributed by atoms with Crippen LogP contribution in [0, 0.1) is 0 Å². The number of amides is 2. The standard InChI is InChI=1S/C16H25N3O3/c1-4-19(5-2)16(21)13-6-8-14(9-7-13)18-12-15(20)17-10-11-22-3/h6-9,18H,4-5,10-12H2,1-3H3,(H,17,20). The molecule has 2 N–H and O–H groups in total. The lowest BCUT2D eigenvalue weighted by atomic mass is 10.2. The molecule has 0 radical (unpaired) electrons. The maximum atomic E-state index is 12.2. The van der Waals surface area contributed by atoms with Gasteiger partial charge in [-0.15, -0.1) is 0 Å². The van der Waals surface area contributed by atoms with Crippen molar-refractivity contribution >= 4 is 17.5 Å². The van der Waals surface area contributed by atoms with Crippen LogP contribution in [0.3, 0.4) is 0 Å². The second-order valence-electron chi connectivity index (χ2n) is 4.75. The summed E-state index contributed by atoms with van der Waals surface area (Å²) in [5, 5.41) is 5.74. The Morgan fingerprint density at radius 1 is 1.14 bits per heavy atom. The Labute approximate surface area is 131 Å². The monoisotopic (exact) mass is 307 g/mol. The van der Waals surface area contributed by atoms with Gasteiger partial charge in [-0.3, -0.25) is 9.59 Å². The largest absolute Gasteiger partial charge is 0.383 e. The first-order valence-corrected chi connectivity index (χ1v) is 7.51. The third kappa shape index (κ3) is 5.73. The van der Waals surface area contributed by atoms with Crippen molar-refractivity contribution < 1.29 is 14.3 Å². The van der Waals surface area contributed by atoms with Gasteiger partial charge in [0.2, 0.25) is 5.91 Å². The number of carbonyl (C=O) groups is 2. The van der Waals surface area contributed by atoms with E-state index in [9.17, 15) is 9.59 Å². The molecule has 122 valence electrons. The molecule has 0 aliphatic rings. The Morgan fingerprint density at radius 2 is 1.77 bits per heavy atom. The van der Waals surface area contributed by atoms with Gasteiger partial charge >= 0.3 is 0 Å². The summed E-state index contributed by atoms with van der Waals surface area (Å²) in [6.07, 6.45) is 0. The number of nitrogens with one attached hydrogen (secondary N) is 2. The van der Waals surface area contributed by atoms with Gasteiger partial charge in [0, 0.05) is 38.0 Å². The molecule has 1 aromatic rings. The molecule has 6 nitrogen and oxygen atoms in total. The van der Waals surface area contributed by atoms with E-state index in [0.29, 0.717) is 31.8 Å². The normalized spacial score (nSPS) is 10.1. The molecular weight excluding hydrogens is 282 g/mol. The number of rotatable bonds is 9. The zero-order valence-electron chi connectivity index (χ0n) is 13.5. The number of anilines is 1. The Hall–Kier alpha value is -2.08. The average molecular weight is 307 g/mol. The maximum Gasteiger partial charge on any atom is 0.253 e. The number of ether oxygens (including phenoxy) is 1. The van der Waals surface area contributed by atoms with E-state index in [2.05, 4.69) is 10.6 Å². The van der Waals surface area contributed by atoms with Gasteiger partial charge in [0.15, 0.2) is 0 Å². The Morgan fingerprint density at radius 3 is 2.32 bits per heavy atom. The number of methoxy groups -OCH3 is 1. The third-order valence-electron chi connectivity index (χ3n) is 3.26. The second-order valence-corrected chi connectivity index (χ2v) is 4.75. The van der Waals surface area contributed by atoms with Gasteiger partial charge in [0.25, 0.3) is 5.91 Å². The van der Waals surface area contributed by atoms with Gasteiger partial charge in [-0.1, -0.05) is 0 Å². The van der Waals surface area contributed by atoms with E-state index in [1.807, 2.05) is 13.8 Å². The van der Waals surface area contributed by atoms with E-state index in [1.165, 1.54) is 0 Å². The van der Waals surface area contributed by atoms with Gasteiger partial charge < -0.3 is 20.3 Å². The van der Waals surface area contributed by atoms with Crippen LogP contribution in [0.5, 0.6) is 0 Å². The first kappa shape index (κ1) is 18.0. The number of nitrogens with zero attached hydrogens (tertiary/aromatic N) is 1. The Balaban J connectivity index is 2.48. The SMILES string of the molecule is CCN(CC)C(=O)c1ccc(NCC(=O)NCCOC)cc1. The summed E-state index contributed by atoms with van der Waals surface area (Å²) in [7, 11) is 1.59. The van der Waals surface area contributed by atoms with E-state index in [-0.39, 0.29) is 18.4 Å². The van der Waals surface area contributed by atoms with Crippen molar-refractivity contribution in [2.75, 3.05) is 45.2 Å². The minimum atomic E-state index is -0.0969. The van der Waals surface area contributed by atoms with Crippen LogP contribution in [0.15, 0.2) is 24.3 Å². The summed E-state index contributed by atoms with van der Waals surface area (Å²) in [6.45, 7) is 6.47. The number of benzene rings is 1. The smallest absolute Gasteiger partial charge is 0.253 e. The van der Waals surface area contributed by atoms with Crippen LogP contribution < -0.4 is 10.6 Å². The summed E-state index contributed by atoms with van der Waals surface area (Å²) < 4.78 is 4.86. The fraction of sp³-hybridized carbons (Fsp3) is 0.500. The lowest BCUT2D eigenvalue weighted by Crippen LogP contribution is -2.32. The summed E-state index contributed by atoms with van der Waals surface area (Å²) in [5.74, 6) is -0.0748. The van der Waals surface area contributed by atoms with Crippen molar-refractivity contribution in [2.45, 2.75) is 13.8 Å². The molecule has 0 saturated carbocycles. The topological polar surface area (TPSA) is 70.7 Å². The first-order valence-electron chi connectivity index (χ1n) is 7.51. The Bertz CT molecular complexity index is 470. The zero-order valence-corrected chi connectivity index (χ0v) is 13.5. The quantitative estimate of drug-likeness (QED) is 0.676. The molecule has 0 unspecified atom stereocenters. The van der Waals surface area contributed by atoms with Crippen LogP contribution in [0.2, 0.25) is 0 Å². The molecule has 6 heteroatoms. The summed E-state index contributed by atoms with van der Waals surface area (Å²) in [5.41, 5.74) is 1.46. The number of carbonyl (C=O) groups excluding carboxylic acids is 2. The van der Waals surface area contributed by atoms with E-state index >= 15 is 0 Å². The molecule has 0 saturated heterocycles. The van der Waals surface area contributed by atoms with Crippen LogP contribution in [-0.2, 0) is 9.53 Å². The molecule has 0 fully saturated rings. The number of hydrogen-bond acceptors (Lipinski definition) is 4. The third-order valence-corrected chi connectivity index (χ3v) is 3.26. The van der Waals surface area contributed by atoms with Gasteiger partial charge in [-0.25, -0.2) is 0 Å². The number of hydrogen-bond donors (Lipinski definition) is 2. The highest BCUT2D eigenvalue weighted by Gasteiger charge is 2.11. The minimum absolute atomic E-state index is 0.0221. The van der Waals surface area contributed by atoms with Gasteiger partial charge in [0.05, 0.1) is 13.2 Å². The van der Waals surface area contributed by atoms with E-state index in [4.69, 9.17) is 4.74 Å². The van der Waals surface area contributed by atoms with Crippen molar-refractivity contribution in [3.8, 4) is 0 Å². The Kier molecular flexibility index (Phi) is 7.99. The molecule has 22 heavy (non-hydrogen) atoms. The minimum Gasteiger partial charge on any atom is -0.383 e. The van der Waals surface area contributed by atoms with Crippen molar-refractivity contribution in [3.05, 3.63) is 29.8 Å². The van der Waals surface area contributed by atoms with Crippen LogP contribution in [0.25, 0.3) is 0 Å². The fourth-order valence-corrected chi connectivity index (χ4v) is 1.96. The molecule has 2 amide bonds. The van der Waals surface area contributed by atoms with Crippen LogP contribution in [-0.4, -0.2) is 56.6 Å². The van der Waals surface area contributed by atoms with Crippen LogP contribution in [0.1, 0.15) is 24.2 Å². The zero-order chi connectivity index (χ0) is 16.4. The van der Waals surface area contributed by atoms with Gasteiger partial charge in [-0.05, 0) is 38.1 Å². The summed E-state index contributed by atoms with van der Waals surface area (Å²) in [6, 6.07) is 7.15. The highest BCUT2D eigenvalue weighted by atomic mass is 16.5. The van der Waals surface area contributed by atoms with E-state index < -0.39 is 0 Å². The molecule has 0 heterocycles. The van der Waals surface area contributed by atoms with Crippen molar-refractivity contribution in [1.82, 2.24) is 10.2 Å². The van der Waals surface area contributed by atoms with Gasteiger partial charge in [0.1, 0.15) is 0 Å². The molecule has 0 aromatic heterocycles. The molecule has 1 rings (SSSR count). The van der Waals surface area contributed by atoms with E-state index in [0.717, 1.165) is 5.69 Å². The van der Waals surface area contributed by atoms with Crippen molar-refractivity contribution in [2.24, 2.45) is 0 Å². The molecule has 0 aliphatic heterocycles. The lowest BCUT2D eigenvalue weighted by Gasteiger charge is -2.18. The molecule has 0 bridgehead atoms. The first-order chi connectivity index (χ1) is 10.6. The highest BCUT2D eigenvalue weighted by molar-refractivity contribution is 5.94. The second kappa shape index (κ2) is 9.78. The van der Waals surface area contributed by atoms with Crippen molar-refractivity contribution in [3.63, 3.8) is 0 Å².